The molecule has 3 aromatic heterocycles. The van der Waals surface area contributed by atoms with Gasteiger partial charge in [-0.2, -0.15) is 5.10 Å². The molecule has 31 heavy (non-hydrogen) atoms. The lowest BCUT2D eigenvalue weighted by molar-refractivity contribution is 0.601. The van der Waals surface area contributed by atoms with E-state index in [4.69, 9.17) is 0 Å². The van der Waals surface area contributed by atoms with E-state index in [2.05, 4.69) is 19.8 Å². The summed E-state index contributed by atoms with van der Waals surface area (Å²) in [6.45, 7) is 1.93. The van der Waals surface area contributed by atoms with Crippen LogP contribution in [0.1, 0.15) is 5.56 Å². The number of sulfonamides is 1. The van der Waals surface area contributed by atoms with Crippen molar-refractivity contribution in [2.75, 3.05) is 4.72 Å². The Morgan fingerprint density at radius 3 is 2.58 bits per heavy atom. The zero-order chi connectivity index (χ0) is 21.4. The van der Waals surface area contributed by atoms with E-state index in [1.807, 2.05) is 60.0 Å². The summed E-state index contributed by atoms with van der Waals surface area (Å²) in [5.41, 5.74) is 4.22. The summed E-state index contributed by atoms with van der Waals surface area (Å²) in [5, 5.41) is 4.14. The van der Waals surface area contributed by atoms with Gasteiger partial charge in [0.25, 0.3) is 10.0 Å². The summed E-state index contributed by atoms with van der Waals surface area (Å²) in [5.74, 6) is 0.554. The molecule has 0 aliphatic rings. The third-order valence-corrected chi connectivity index (χ3v) is 6.19. The van der Waals surface area contributed by atoms with Crippen LogP contribution < -0.4 is 4.72 Å². The fourth-order valence-electron chi connectivity index (χ4n) is 3.28. The molecule has 0 spiro atoms. The first kappa shape index (κ1) is 19.0. The third-order valence-electron chi connectivity index (χ3n) is 4.86. The van der Waals surface area contributed by atoms with Crippen molar-refractivity contribution in [3.05, 3.63) is 91.1 Å². The average Bonchev–Trinajstić information content (AvgIpc) is 3.42. The van der Waals surface area contributed by atoms with Crippen LogP contribution in [0, 0.1) is 6.92 Å². The minimum absolute atomic E-state index is 0.0560. The predicted octanol–water partition coefficient (Wildman–Crippen LogP) is 3.72. The quantitative estimate of drug-likeness (QED) is 0.459. The molecule has 0 bridgehead atoms. The van der Waals surface area contributed by atoms with E-state index in [-0.39, 0.29) is 4.90 Å². The summed E-state index contributed by atoms with van der Waals surface area (Å²) < 4.78 is 31.6. The molecular weight excluding hydrogens is 412 g/mol. The smallest absolute Gasteiger partial charge is 0.265 e. The van der Waals surface area contributed by atoms with E-state index in [0.717, 1.165) is 22.3 Å². The molecule has 3 heterocycles. The number of benzene rings is 2. The number of nitrogens with one attached hydrogen (secondary N) is 1. The highest BCUT2D eigenvalue weighted by molar-refractivity contribution is 7.92. The van der Waals surface area contributed by atoms with Gasteiger partial charge in [0.1, 0.15) is 11.2 Å². The number of hydrogen-bond acceptors (Lipinski definition) is 5. The maximum atomic E-state index is 12.8. The molecule has 8 nitrogen and oxygen atoms in total. The van der Waals surface area contributed by atoms with Crippen LogP contribution in [-0.2, 0) is 10.0 Å². The van der Waals surface area contributed by atoms with Crippen molar-refractivity contribution in [3.8, 4) is 11.5 Å². The van der Waals surface area contributed by atoms with Crippen molar-refractivity contribution < 1.29 is 8.42 Å². The van der Waals surface area contributed by atoms with Crippen molar-refractivity contribution >= 4 is 26.7 Å². The maximum Gasteiger partial charge on any atom is 0.265 e. The summed E-state index contributed by atoms with van der Waals surface area (Å²) >= 11 is 0. The summed E-state index contributed by atoms with van der Waals surface area (Å²) in [7, 11) is -3.79. The molecule has 9 heteroatoms. The van der Waals surface area contributed by atoms with Gasteiger partial charge in [-0.1, -0.05) is 12.1 Å². The second-order valence-electron chi connectivity index (χ2n) is 7.07. The van der Waals surface area contributed by atoms with Crippen LogP contribution in [0.3, 0.4) is 0 Å². The van der Waals surface area contributed by atoms with E-state index >= 15 is 0 Å². The molecule has 0 aliphatic carbocycles. The van der Waals surface area contributed by atoms with Crippen LogP contribution in [0.5, 0.6) is 0 Å². The number of fused-ring (bicyclic) bond motifs is 1. The Morgan fingerprint density at radius 2 is 1.77 bits per heavy atom. The van der Waals surface area contributed by atoms with Gasteiger partial charge in [-0.15, -0.1) is 0 Å². The Bertz CT molecular complexity index is 1490. The zero-order valence-electron chi connectivity index (χ0n) is 16.5. The van der Waals surface area contributed by atoms with Crippen molar-refractivity contribution in [1.29, 1.82) is 0 Å². The first-order valence-corrected chi connectivity index (χ1v) is 11.0. The summed E-state index contributed by atoms with van der Waals surface area (Å²) in [6.07, 6.45) is 6.15. The van der Waals surface area contributed by atoms with Crippen molar-refractivity contribution in [2.24, 2.45) is 0 Å². The normalized spacial score (nSPS) is 11.6. The Kier molecular flexibility index (Phi) is 4.52. The van der Waals surface area contributed by atoms with Crippen molar-refractivity contribution in [1.82, 2.24) is 24.3 Å². The second kappa shape index (κ2) is 7.37. The first-order valence-electron chi connectivity index (χ1n) is 9.53. The average molecular weight is 430 g/mol. The molecule has 0 atom stereocenters. The highest BCUT2D eigenvalue weighted by Crippen LogP contribution is 2.21. The molecule has 1 N–H and O–H groups in total. The number of pyridine rings is 1. The SMILES string of the molecule is Cc1ccnc(-n2cc(S(=O)(=O)Nc3ccc(-n4cnc5ccccc54)cc3)cn2)c1. The highest BCUT2D eigenvalue weighted by Gasteiger charge is 2.17. The minimum atomic E-state index is -3.79. The van der Waals surface area contributed by atoms with Crippen LogP contribution in [0.4, 0.5) is 5.69 Å². The van der Waals surface area contributed by atoms with Crippen LogP contribution >= 0.6 is 0 Å². The molecular formula is C22H18N6O2S. The summed E-state index contributed by atoms with van der Waals surface area (Å²) in [4.78, 5) is 8.66. The van der Waals surface area contributed by atoms with Crippen LogP contribution in [0.25, 0.3) is 22.5 Å². The van der Waals surface area contributed by atoms with Crippen LogP contribution in [0.2, 0.25) is 0 Å². The van der Waals surface area contributed by atoms with Gasteiger partial charge in [-0.3, -0.25) is 9.29 Å². The lowest BCUT2D eigenvalue weighted by Gasteiger charge is -2.08. The Hall–Kier alpha value is -3.98. The number of para-hydroxylation sites is 2. The van der Waals surface area contributed by atoms with Gasteiger partial charge < -0.3 is 0 Å². The van der Waals surface area contributed by atoms with Gasteiger partial charge in [0.15, 0.2) is 5.82 Å². The molecule has 0 radical (unpaired) electrons. The van der Waals surface area contributed by atoms with Gasteiger partial charge >= 0.3 is 0 Å². The number of rotatable bonds is 5. The highest BCUT2D eigenvalue weighted by atomic mass is 32.2. The van der Waals surface area contributed by atoms with Gasteiger partial charge in [0.05, 0.1) is 23.4 Å². The minimum Gasteiger partial charge on any atom is -0.299 e. The summed E-state index contributed by atoms with van der Waals surface area (Å²) in [6, 6.07) is 18.6. The largest absolute Gasteiger partial charge is 0.299 e. The zero-order valence-corrected chi connectivity index (χ0v) is 17.4. The number of anilines is 1. The monoisotopic (exact) mass is 430 g/mol. The molecule has 0 aliphatic heterocycles. The number of aryl methyl sites for hydroxylation is 1. The molecule has 5 aromatic rings. The topological polar surface area (TPSA) is 94.7 Å². The maximum absolute atomic E-state index is 12.8. The van der Waals surface area contributed by atoms with Gasteiger partial charge in [-0.05, 0) is 61.0 Å². The molecule has 0 saturated carbocycles. The number of aromatic nitrogens is 5. The van der Waals surface area contributed by atoms with E-state index in [1.165, 1.54) is 17.1 Å². The van der Waals surface area contributed by atoms with Gasteiger partial charge in [0, 0.05) is 17.6 Å². The van der Waals surface area contributed by atoms with E-state index in [9.17, 15) is 8.42 Å². The molecule has 0 amide bonds. The van der Waals surface area contributed by atoms with Crippen molar-refractivity contribution in [3.63, 3.8) is 0 Å². The fraction of sp³-hybridized carbons (Fsp3) is 0.0455. The third kappa shape index (κ3) is 3.66. The standard InChI is InChI=1S/C22H18N6O2S/c1-16-10-11-23-22(12-16)28-14-19(13-25-28)31(29,30)26-17-6-8-18(9-7-17)27-15-24-20-4-2-3-5-21(20)27/h2-15,26H,1H3. The molecule has 154 valence electrons. The predicted molar refractivity (Wildman–Crippen MR) is 118 cm³/mol. The number of nitrogens with zero attached hydrogens (tertiary/aromatic N) is 5. The van der Waals surface area contributed by atoms with E-state index < -0.39 is 10.0 Å². The molecule has 5 rings (SSSR count). The fourth-order valence-corrected chi connectivity index (χ4v) is 4.27. The van der Waals surface area contributed by atoms with Crippen molar-refractivity contribution in [2.45, 2.75) is 11.8 Å². The molecule has 2 aromatic carbocycles. The Labute approximate surface area is 178 Å². The number of hydrogen-bond donors (Lipinski definition) is 1. The van der Waals surface area contributed by atoms with E-state index in [1.54, 1.807) is 24.7 Å². The van der Waals surface area contributed by atoms with E-state index in [0.29, 0.717) is 11.5 Å². The van der Waals surface area contributed by atoms with Gasteiger partial charge in [0.2, 0.25) is 0 Å². The van der Waals surface area contributed by atoms with Crippen LogP contribution in [0.15, 0.2) is 90.5 Å². The lowest BCUT2D eigenvalue weighted by atomic mass is 10.2. The molecule has 0 fully saturated rings. The molecule has 0 unspecified atom stereocenters. The Morgan fingerprint density at radius 1 is 0.968 bits per heavy atom. The second-order valence-corrected chi connectivity index (χ2v) is 8.75. The Balaban J connectivity index is 1.38. The number of imidazole rings is 1. The molecule has 0 saturated heterocycles. The van der Waals surface area contributed by atoms with Gasteiger partial charge in [-0.25, -0.2) is 23.1 Å². The first-order chi connectivity index (χ1) is 15.0. The van der Waals surface area contributed by atoms with Crippen LogP contribution in [-0.4, -0.2) is 32.7 Å². The lowest BCUT2D eigenvalue weighted by Crippen LogP contribution is -2.12.